The summed E-state index contributed by atoms with van der Waals surface area (Å²) in [6.07, 6.45) is 0. The highest BCUT2D eigenvalue weighted by atomic mass is 15.1. The molecule has 0 fully saturated rings. The molecule has 230 valence electrons. The minimum Gasteiger partial charge on any atom is -0.310 e. The van der Waals surface area contributed by atoms with E-state index in [4.69, 9.17) is 0 Å². The molecule has 0 spiro atoms. The van der Waals surface area contributed by atoms with Gasteiger partial charge in [-0.05, 0) is 102 Å². The first-order valence-electron chi connectivity index (χ1n) is 16.9. The molecule has 9 aromatic carbocycles. The second-order valence-electron chi connectivity index (χ2n) is 12.5. The molecule has 9 aromatic rings. The molecular weight excluding hydrogens is 591 g/mol. The summed E-state index contributed by atoms with van der Waals surface area (Å²) in [6.45, 7) is 0. The van der Waals surface area contributed by atoms with Crippen LogP contribution in [0.2, 0.25) is 0 Å². The van der Waals surface area contributed by atoms with Gasteiger partial charge < -0.3 is 4.90 Å². The standard InChI is InChI=1S/C48H33N/c1-3-13-34(14-4-1)41-20-9-10-21-42(41)36-25-28-39(29-26-36)49(38-17-5-2-6-18-38)40-19-11-16-37(33-40)44-23-12-24-45-47(44)32-31-46-43-22-8-7-15-35(43)27-30-48(45)46/h1-33H. The van der Waals surface area contributed by atoms with Gasteiger partial charge in [0.05, 0.1) is 0 Å². The maximum atomic E-state index is 2.35. The van der Waals surface area contributed by atoms with E-state index < -0.39 is 0 Å². The van der Waals surface area contributed by atoms with Crippen molar-refractivity contribution < 1.29 is 0 Å². The minimum atomic E-state index is 1.11. The fourth-order valence-electron chi connectivity index (χ4n) is 7.34. The quantitative estimate of drug-likeness (QED) is 0.167. The van der Waals surface area contributed by atoms with Crippen LogP contribution in [0.5, 0.6) is 0 Å². The molecule has 1 nitrogen and oxygen atoms in total. The van der Waals surface area contributed by atoms with E-state index in [1.165, 1.54) is 65.7 Å². The van der Waals surface area contributed by atoms with Gasteiger partial charge in [-0.15, -0.1) is 0 Å². The van der Waals surface area contributed by atoms with Crippen LogP contribution in [-0.2, 0) is 0 Å². The lowest BCUT2D eigenvalue weighted by Crippen LogP contribution is -2.09. The summed E-state index contributed by atoms with van der Waals surface area (Å²) >= 11 is 0. The second kappa shape index (κ2) is 12.3. The number of fused-ring (bicyclic) bond motifs is 5. The van der Waals surface area contributed by atoms with Crippen molar-refractivity contribution in [2.45, 2.75) is 0 Å². The highest BCUT2D eigenvalue weighted by Crippen LogP contribution is 2.41. The number of hydrogen-bond acceptors (Lipinski definition) is 1. The molecule has 0 saturated carbocycles. The largest absolute Gasteiger partial charge is 0.310 e. The molecule has 0 heterocycles. The Morgan fingerprint density at radius 3 is 1.53 bits per heavy atom. The molecule has 1 heteroatoms. The van der Waals surface area contributed by atoms with E-state index in [-0.39, 0.29) is 0 Å². The third-order valence-electron chi connectivity index (χ3n) is 9.66. The van der Waals surface area contributed by atoms with Crippen LogP contribution in [0, 0.1) is 0 Å². The molecule has 0 bridgehead atoms. The van der Waals surface area contributed by atoms with Crippen LogP contribution < -0.4 is 4.90 Å². The maximum absolute atomic E-state index is 2.35. The van der Waals surface area contributed by atoms with Crippen molar-refractivity contribution in [3.63, 3.8) is 0 Å². The predicted molar refractivity (Wildman–Crippen MR) is 210 cm³/mol. The van der Waals surface area contributed by atoms with Gasteiger partial charge in [0, 0.05) is 17.1 Å². The zero-order valence-corrected chi connectivity index (χ0v) is 27.0. The number of hydrogen-bond donors (Lipinski definition) is 0. The van der Waals surface area contributed by atoms with Gasteiger partial charge in [-0.2, -0.15) is 0 Å². The van der Waals surface area contributed by atoms with E-state index in [0.29, 0.717) is 0 Å². The van der Waals surface area contributed by atoms with Crippen LogP contribution in [0.1, 0.15) is 0 Å². The molecule has 0 aliphatic heterocycles. The Balaban J connectivity index is 1.14. The SMILES string of the molecule is c1ccc(-c2ccccc2-c2ccc(N(c3ccccc3)c3cccc(-c4cccc5c4ccc4c6ccccc6ccc54)c3)cc2)cc1. The first-order chi connectivity index (χ1) is 24.3. The molecule has 9 rings (SSSR count). The number of benzene rings is 9. The zero-order chi connectivity index (χ0) is 32.6. The molecule has 0 saturated heterocycles. The Morgan fingerprint density at radius 2 is 0.735 bits per heavy atom. The molecule has 49 heavy (non-hydrogen) atoms. The first-order valence-corrected chi connectivity index (χ1v) is 16.9. The summed E-state index contributed by atoms with van der Waals surface area (Å²) in [7, 11) is 0. The van der Waals surface area contributed by atoms with Crippen molar-refractivity contribution in [2.75, 3.05) is 4.90 Å². The average Bonchev–Trinajstić information content (AvgIpc) is 3.19. The molecule has 0 amide bonds. The molecule has 0 aliphatic rings. The normalized spacial score (nSPS) is 11.3. The second-order valence-corrected chi connectivity index (χ2v) is 12.5. The van der Waals surface area contributed by atoms with Crippen LogP contribution in [-0.4, -0.2) is 0 Å². The van der Waals surface area contributed by atoms with Crippen LogP contribution in [0.4, 0.5) is 17.1 Å². The van der Waals surface area contributed by atoms with Gasteiger partial charge in [0.15, 0.2) is 0 Å². The van der Waals surface area contributed by atoms with Gasteiger partial charge in [-0.25, -0.2) is 0 Å². The van der Waals surface area contributed by atoms with Crippen molar-refractivity contribution in [3.05, 3.63) is 200 Å². The molecule has 0 aliphatic carbocycles. The summed E-state index contributed by atoms with van der Waals surface area (Å²) in [4.78, 5) is 2.35. The van der Waals surface area contributed by atoms with Crippen molar-refractivity contribution >= 4 is 49.4 Å². The smallest absolute Gasteiger partial charge is 0.0467 e. The fraction of sp³-hybridized carbons (Fsp3) is 0. The minimum absolute atomic E-state index is 1.11. The van der Waals surface area contributed by atoms with Gasteiger partial charge >= 0.3 is 0 Å². The molecule has 0 unspecified atom stereocenters. The van der Waals surface area contributed by atoms with Gasteiger partial charge in [0.2, 0.25) is 0 Å². The van der Waals surface area contributed by atoms with Crippen molar-refractivity contribution in [1.82, 2.24) is 0 Å². The number of anilines is 3. The van der Waals surface area contributed by atoms with Gasteiger partial charge in [-0.3, -0.25) is 0 Å². The van der Waals surface area contributed by atoms with Gasteiger partial charge in [-0.1, -0.05) is 164 Å². The maximum Gasteiger partial charge on any atom is 0.0467 e. The Morgan fingerprint density at radius 1 is 0.245 bits per heavy atom. The molecule has 0 N–H and O–H groups in total. The number of rotatable bonds is 6. The summed E-state index contributed by atoms with van der Waals surface area (Å²) in [6, 6.07) is 72.3. The highest BCUT2D eigenvalue weighted by molar-refractivity contribution is 6.19. The molecule has 0 radical (unpaired) electrons. The summed E-state index contributed by atoms with van der Waals surface area (Å²) in [5, 5.41) is 7.68. The Bertz CT molecular complexity index is 2590. The Kier molecular flexibility index (Phi) is 7.22. The monoisotopic (exact) mass is 623 g/mol. The number of nitrogens with zero attached hydrogens (tertiary/aromatic N) is 1. The van der Waals surface area contributed by atoms with Crippen molar-refractivity contribution in [3.8, 4) is 33.4 Å². The van der Waals surface area contributed by atoms with E-state index in [9.17, 15) is 0 Å². The summed E-state index contributed by atoms with van der Waals surface area (Å²) in [5.74, 6) is 0. The van der Waals surface area contributed by atoms with Crippen LogP contribution >= 0.6 is 0 Å². The molecular formula is C48H33N. The van der Waals surface area contributed by atoms with Gasteiger partial charge in [0.1, 0.15) is 0 Å². The van der Waals surface area contributed by atoms with E-state index in [0.717, 1.165) is 17.1 Å². The van der Waals surface area contributed by atoms with Crippen molar-refractivity contribution in [1.29, 1.82) is 0 Å². The van der Waals surface area contributed by atoms with E-state index in [1.807, 2.05) is 0 Å². The summed E-state index contributed by atoms with van der Waals surface area (Å²) < 4.78 is 0. The first kappa shape index (κ1) is 28.8. The van der Waals surface area contributed by atoms with Crippen LogP contribution in [0.3, 0.4) is 0 Å². The summed E-state index contributed by atoms with van der Waals surface area (Å²) in [5.41, 5.74) is 10.6. The van der Waals surface area contributed by atoms with Crippen LogP contribution in [0.15, 0.2) is 200 Å². The molecule has 0 aromatic heterocycles. The zero-order valence-electron chi connectivity index (χ0n) is 27.0. The van der Waals surface area contributed by atoms with E-state index in [1.54, 1.807) is 0 Å². The lowest BCUT2D eigenvalue weighted by atomic mass is 9.92. The van der Waals surface area contributed by atoms with Crippen molar-refractivity contribution in [2.24, 2.45) is 0 Å². The third kappa shape index (κ3) is 5.23. The van der Waals surface area contributed by atoms with E-state index in [2.05, 4.69) is 205 Å². The lowest BCUT2D eigenvalue weighted by Gasteiger charge is -2.26. The predicted octanol–water partition coefficient (Wildman–Crippen LogP) is 13.6. The highest BCUT2D eigenvalue weighted by Gasteiger charge is 2.16. The topological polar surface area (TPSA) is 3.24 Å². The fourth-order valence-corrected chi connectivity index (χ4v) is 7.34. The lowest BCUT2D eigenvalue weighted by molar-refractivity contribution is 1.28. The number of para-hydroxylation sites is 1. The van der Waals surface area contributed by atoms with Gasteiger partial charge in [0.25, 0.3) is 0 Å². The third-order valence-corrected chi connectivity index (χ3v) is 9.66. The van der Waals surface area contributed by atoms with E-state index >= 15 is 0 Å². The Labute approximate surface area is 287 Å². The van der Waals surface area contributed by atoms with Crippen LogP contribution in [0.25, 0.3) is 65.7 Å². The molecule has 0 atom stereocenters. The average molecular weight is 624 g/mol. The Hall–Kier alpha value is -6.44.